The second-order valence-corrected chi connectivity index (χ2v) is 8.36. The van der Waals surface area contributed by atoms with Crippen LogP contribution in [0.4, 0.5) is 0 Å². The van der Waals surface area contributed by atoms with E-state index in [1.165, 1.54) is 6.92 Å². The Bertz CT molecular complexity index is 624. The zero-order chi connectivity index (χ0) is 24.6. The van der Waals surface area contributed by atoms with Gasteiger partial charge in [-0.05, 0) is 6.92 Å². The van der Waals surface area contributed by atoms with Crippen LogP contribution in [0.25, 0.3) is 0 Å². The van der Waals surface area contributed by atoms with Crippen molar-refractivity contribution in [2.24, 2.45) is 0 Å². The van der Waals surface area contributed by atoms with E-state index in [4.69, 9.17) is 23.7 Å². The number of rotatable bonds is 6. The molecule has 0 saturated carbocycles. The summed E-state index contributed by atoms with van der Waals surface area (Å²) in [6.07, 6.45) is -23.5. The van der Waals surface area contributed by atoms with Gasteiger partial charge in [0.15, 0.2) is 18.9 Å². The Morgan fingerprint density at radius 3 is 1.85 bits per heavy atom. The Hall–Kier alpha value is -0.600. The van der Waals surface area contributed by atoms with E-state index in [9.17, 15) is 51.1 Å². The van der Waals surface area contributed by atoms with Crippen molar-refractivity contribution < 1.29 is 74.7 Å². The normalized spacial score (nSPS) is 53.7. The van der Waals surface area contributed by atoms with Crippen LogP contribution in [-0.4, -0.2) is 156 Å². The molecule has 0 amide bonds. The average Bonchev–Trinajstić information content (AvgIpc) is 2.79. The predicted molar refractivity (Wildman–Crippen MR) is 99.8 cm³/mol. The first-order chi connectivity index (χ1) is 15.5. The van der Waals surface area contributed by atoms with Crippen LogP contribution in [-0.2, 0) is 23.7 Å². The van der Waals surface area contributed by atoms with E-state index in [2.05, 4.69) is 0 Å². The second-order valence-electron chi connectivity index (χ2n) is 8.36. The molecule has 3 aliphatic heterocycles. The van der Waals surface area contributed by atoms with E-state index in [1.54, 1.807) is 0 Å². The summed E-state index contributed by atoms with van der Waals surface area (Å²) in [5.41, 5.74) is 0. The lowest BCUT2D eigenvalue weighted by molar-refractivity contribution is -0.359. The van der Waals surface area contributed by atoms with Gasteiger partial charge in [-0.2, -0.15) is 0 Å². The summed E-state index contributed by atoms with van der Waals surface area (Å²) in [6.45, 7) is 0.148. The molecular formula is C18H32O15. The highest BCUT2D eigenvalue weighted by molar-refractivity contribution is 4.94. The zero-order valence-corrected chi connectivity index (χ0v) is 17.6. The average molecular weight is 488 g/mol. The molecule has 3 heterocycles. The van der Waals surface area contributed by atoms with Crippen LogP contribution >= 0.6 is 0 Å². The number of aliphatic hydroxyl groups excluding tert-OH is 10. The molecule has 1 unspecified atom stereocenters. The molecule has 194 valence electrons. The van der Waals surface area contributed by atoms with E-state index < -0.39 is 105 Å². The Morgan fingerprint density at radius 1 is 0.606 bits per heavy atom. The third kappa shape index (κ3) is 5.48. The Kier molecular flexibility index (Phi) is 8.99. The zero-order valence-electron chi connectivity index (χ0n) is 17.6. The van der Waals surface area contributed by atoms with Gasteiger partial charge in [-0.15, -0.1) is 0 Å². The topological polar surface area (TPSA) is 248 Å². The highest BCUT2D eigenvalue weighted by Gasteiger charge is 2.50. The maximum Gasteiger partial charge on any atom is 0.187 e. The fourth-order valence-electron chi connectivity index (χ4n) is 3.89. The first kappa shape index (κ1) is 27.0. The molecule has 15 atom stereocenters. The second kappa shape index (κ2) is 11.0. The molecule has 3 saturated heterocycles. The predicted octanol–water partition coefficient (Wildman–Crippen LogP) is -6.55. The summed E-state index contributed by atoms with van der Waals surface area (Å²) >= 11 is 0. The van der Waals surface area contributed by atoms with Crippen molar-refractivity contribution in [2.75, 3.05) is 13.2 Å². The SMILES string of the molecule is C[C@@H]1O[C@@H](O[C@H]2[C@H](O)[C@@H](CO[C@@H]3O[C@H](CO)[C@H](O)[C@H](O)[C@H]3O)OC(O)[C@@H]2O)[C@H](O)[C@H](O)[C@H]1O. The van der Waals surface area contributed by atoms with Gasteiger partial charge in [-0.3, -0.25) is 0 Å². The third-order valence-electron chi connectivity index (χ3n) is 6.03. The maximum atomic E-state index is 10.6. The fraction of sp³-hybridized carbons (Fsp3) is 1.00. The van der Waals surface area contributed by atoms with Crippen molar-refractivity contribution in [3.8, 4) is 0 Å². The smallest absolute Gasteiger partial charge is 0.187 e. The van der Waals surface area contributed by atoms with E-state index >= 15 is 0 Å². The molecule has 3 aliphatic rings. The first-order valence-corrected chi connectivity index (χ1v) is 10.4. The van der Waals surface area contributed by atoms with Crippen molar-refractivity contribution in [3.05, 3.63) is 0 Å². The van der Waals surface area contributed by atoms with Gasteiger partial charge in [0.25, 0.3) is 0 Å². The standard InChI is InChI=1S/C18H32O15/c1-4-7(20)10(23)13(26)18(30-4)33-15-9(22)6(31-16(28)14(15)27)3-29-17-12(25)11(24)8(21)5(2-19)32-17/h4-28H,2-3H2,1H3/t4-,5+,6+,7-,8-,9+,10+,11-,12+,13+,14+,15-,16?,17+,18-/m0/s1. The molecule has 0 bridgehead atoms. The lowest BCUT2D eigenvalue weighted by Gasteiger charge is -2.45. The molecule has 3 fully saturated rings. The Labute approximate surface area is 187 Å². The van der Waals surface area contributed by atoms with Crippen LogP contribution < -0.4 is 0 Å². The highest BCUT2D eigenvalue weighted by Crippen LogP contribution is 2.29. The summed E-state index contributed by atoms with van der Waals surface area (Å²) in [5, 5.41) is 99.5. The molecule has 0 radical (unpaired) electrons. The summed E-state index contributed by atoms with van der Waals surface area (Å²) < 4.78 is 26.3. The van der Waals surface area contributed by atoms with Gasteiger partial charge < -0.3 is 74.7 Å². The van der Waals surface area contributed by atoms with Crippen molar-refractivity contribution in [2.45, 2.75) is 99.0 Å². The molecular weight excluding hydrogens is 456 g/mol. The third-order valence-corrected chi connectivity index (χ3v) is 6.03. The molecule has 0 aliphatic carbocycles. The van der Waals surface area contributed by atoms with Crippen LogP contribution in [0, 0.1) is 0 Å². The summed E-state index contributed by atoms with van der Waals surface area (Å²) in [6, 6.07) is 0. The molecule has 33 heavy (non-hydrogen) atoms. The molecule has 0 spiro atoms. The van der Waals surface area contributed by atoms with Crippen LogP contribution in [0.5, 0.6) is 0 Å². The molecule has 0 aromatic carbocycles. The van der Waals surface area contributed by atoms with E-state index in [0.717, 1.165) is 0 Å². The number of hydrogen-bond donors (Lipinski definition) is 10. The fourth-order valence-corrected chi connectivity index (χ4v) is 3.89. The molecule has 0 aromatic rings. The summed E-state index contributed by atoms with van der Waals surface area (Å²) in [7, 11) is 0. The quantitative estimate of drug-likeness (QED) is 0.167. The van der Waals surface area contributed by atoms with Crippen molar-refractivity contribution in [1.82, 2.24) is 0 Å². The molecule has 0 aromatic heterocycles. The van der Waals surface area contributed by atoms with Gasteiger partial charge in [0, 0.05) is 0 Å². The van der Waals surface area contributed by atoms with Gasteiger partial charge in [0.1, 0.15) is 67.1 Å². The van der Waals surface area contributed by atoms with E-state index in [0.29, 0.717) is 0 Å². The van der Waals surface area contributed by atoms with Crippen LogP contribution in [0.1, 0.15) is 6.92 Å². The van der Waals surface area contributed by atoms with Gasteiger partial charge in [-0.1, -0.05) is 0 Å². The van der Waals surface area contributed by atoms with E-state index in [-0.39, 0.29) is 0 Å². The van der Waals surface area contributed by atoms with Gasteiger partial charge in [0.05, 0.1) is 19.3 Å². The highest BCUT2D eigenvalue weighted by atomic mass is 16.7. The summed E-state index contributed by atoms with van der Waals surface area (Å²) in [4.78, 5) is 0. The lowest BCUT2D eigenvalue weighted by atomic mass is 9.97. The van der Waals surface area contributed by atoms with Crippen molar-refractivity contribution in [3.63, 3.8) is 0 Å². The monoisotopic (exact) mass is 488 g/mol. The number of aliphatic hydroxyl groups is 10. The maximum absolute atomic E-state index is 10.6. The summed E-state index contributed by atoms with van der Waals surface area (Å²) in [5.74, 6) is 0. The van der Waals surface area contributed by atoms with Crippen LogP contribution in [0.3, 0.4) is 0 Å². The number of ether oxygens (including phenoxy) is 5. The minimum atomic E-state index is -1.88. The number of hydrogen-bond acceptors (Lipinski definition) is 15. The lowest BCUT2D eigenvalue weighted by Crippen LogP contribution is -2.64. The first-order valence-electron chi connectivity index (χ1n) is 10.4. The van der Waals surface area contributed by atoms with Gasteiger partial charge in [0.2, 0.25) is 0 Å². The Balaban J connectivity index is 1.64. The van der Waals surface area contributed by atoms with E-state index in [1.807, 2.05) is 0 Å². The van der Waals surface area contributed by atoms with Crippen LogP contribution in [0.15, 0.2) is 0 Å². The van der Waals surface area contributed by atoms with Crippen LogP contribution in [0.2, 0.25) is 0 Å². The van der Waals surface area contributed by atoms with Crippen molar-refractivity contribution >= 4 is 0 Å². The molecule has 10 N–H and O–H groups in total. The van der Waals surface area contributed by atoms with Gasteiger partial charge >= 0.3 is 0 Å². The Morgan fingerprint density at radius 2 is 1.21 bits per heavy atom. The largest absolute Gasteiger partial charge is 0.394 e. The molecule has 15 heteroatoms. The molecule has 3 rings (SSSR count). The van der Waals surface area contributed by atoms with Gasteiger partial charge in [-0.25, -0.2) is 0 Å². The minimum absolute atomic E-state index is 0.570. The van der Waals surface area contributed by atoms with Crippen molar-refractivity contribution in [1.29, 1.82) is 0 Å². The minimum Gasteiger partial charge on any atom is -0.394 e. The molecule has 15 nitrogen and oxygen atoms in total.